The molecule has 1 N–H and O–H groups in total. The van der Waals surface area contributed by atoms with Crippen LogP contribution < -0.4 is 5.32 Å². The lowest BCUT2D eigenvalue weighted by Crippen LogP contribution is -2.59. The molecule has 2 saturated heterocycles. The lowest BCUT2D eigenvalue weighted by Gasteiger charge is -2.46. The second kappa shape index (κ2) is 7.74. The molecular formula is C16H32N2O2. The largest absolute Gasteiger partial charge is 0.379 e. The SMILES string of the molecule is CNC(CCCC1CCCO1)C(C)(C)N1CCOCC1. The first kappa shape index (κ1) is 16.2. The van der Waals surface area contributed by atoms with Gasteiger partial charge in [0.05, 0.1) is 19.3 Å². The lowest BCUT2D eigenvalue weighted by atomic mass is 9.87. The average molecular weight is 284 g/mol. The molecular weight excluding hydrogens is 252 g/mol. The Hall–Kier alpha value is -0.160. The Balaban J connectivity index is 1.78. The van der Waals surface area contributed by atoms with Crippen molar-refractivity contribution < 1.29 is 9.47 Å². The van der Waals surface area contributed by atoms with Crippen LogP contribution in [0.3, 0.4) is 0 Å². The van der Waals surface area contributed by atoms with Crippen LogP contribution in [0.15, 0.2) is 0 Å². The molecule has 2 fully saturated rings. The van der Waals surface area contributed by atoms with E-state index in [4.69, 9.17) is 9.47 Å². The van der Waals surface area contributed by atoms with Crippen LogP contribution in [0.2, 0.25) is 0 Å². The van der Waals surface area contributed by atoms with E-state index in [0.717, 1.165) is 32.9 Å². The van der Waals surface area contributed by atoms with Crippen molar-refractivity contribution >= 4 is 0 Å². The van der Waals surface area contributed by atoms with Crippen LogP contribution in [0.5, 0.6) is 0 Å². The zero-order chi connectivity index (χ0) is 14.4. The van der Waals surface area contributed by atoms with Crippen LogP contribution in [0.25, 0.3) is 0 Å². The Morgan fingerprint density at radius 3 is 2.60 bits per heavy atom. The molecule has 0 bridgehead atoms. The molecule has 118 valence electrons. The molecule has 0 aromatic carbocycles. The van der Waals surface area contributed by atoms with Crippen molar-refractivity contribution in [3.8, 4) is 0 Å². The first-order valence-electron chi connectivity index (χ1n) is 8.26. The first-order chi connectivity index (χ1) is 9.64. The van der Waals surface area contributed by atoms with Gasteiger partial charge in [-0.05, 0) is 53.0 Å². The van der Waals surface area contributed by atoms with Crippen LogP contribution in [0.1, 0.15) is 46.0 Å². The van der Waals surface area contributed by atoms with Gasteiger partial charge >= 0.3 is 0 Å². The number of rotatable bonds is 7. The summed E-state index contributed by atoms with van der Waals surface area (Å²) in [6, 6.07) is 0.530. The molecule has 4 heteroatoms. The van der Waals surface area contributed by atoms with E-state index in [1.165, 1.54) is 32.1 Å². The summed E-state index contributed by atoms with van der Waals surface area (Å²) < 4.78 is 11.2. The minimum Gasteiger partial charge on any atom is -0.379 e. The fourth-order valence-corrected chi connectivity index (χ4v) is 3.63. The average Bonchev–Trinajstić information content (AvgIpc) is 2.97. The summed E-state index contributed by atoms with van der Waals surface area (Å²) in [6.07, 6.45) is 6.73. The number of nitrogens with zero attached hydrogens (tertiary/aromatic N) is 1. The molecule has 0 amide bonds. The van der Waals surface area contributed by atoms with E-state index in [-0.39, 0.29) is 5.54 Å². The van der Waals surface area contributed by atoms with Gasteiger partial charge in [0.1, 0.15) is 0 Å². The highest BCUT2D eigenvalue weighted by atomic mass is 16.5. The fraction of sp³-hybridized carbons (Fsp3) is 1.00. The van der Waals surface area contributed by atoms with Gasteiger partial charge in [-0.1, -0.05) is 0 Å². The Kier molecular flexibility index (Phi) is 6.27. The molecule has 2 atom stereocenters. The Morgan fingerprint density at radius 2 is 2.00 bits per heavy atom. The number of morpholine rings is 1. The smallest absolute Gasteiger partial charge is 0.0594 e. The topological polar surface area (TPSA) is 33.7 Å². The van der Waals surface area contributed by atoms with Crippen molar-refractivity contribution in [2.75, 3.05) is 40.0 Å². The summed E-state index contributed by atoms with van der Waals surface area (Å²) in [7, 11) is 2.10. The second-order valence-corrected chi connectivity index (χ2v) is 6.66. The molecule has 2 aliphatic heterocycles. The van der Waals surface area contributed by atoms with Crippen molar-refractivity contribution in [3.05, 3.63) is 0 Å². The van der Waals surface area contributed by atoms with Gasteiger partial charge in [0.25, 0.3) is 0 Å². The third-order valence-electron chi connectivity index (χ3n) is 5.07. The number of likely N-dealkylation sites (N-methyl/N-ethyl adjacent to an activating group) is 1. The van der Waals surface area contributed by atoms with Crippen molar-refractivity contribution in [3.63, 3.8) is 0 Å². The zero-order valence-electron chi connectivity index (χ0n) is 13.5. The van der Waals surface area contributed by atoms with Gasteiger partial charge in [0, 0.05) is 31.3 Å². The number of hydrogen-bond acceptors (Lipinski definition) is 4. The third-order valence-corrected chi connectivity index (χ3v) is 5.07. The molecule has 20 heavy (non-hydrogen) atoms. The molecule has 0 radical (unpaired) electrons. The maximum atomic E-state index is 5.72. The fourth-order valence-electron chi connectivity index (χ4n) is 3.63. The summed E-state index contributed by atoms with van der Waals surface area (Å²) >= 11 is 0. The van der Waals surface area contributed by atoms with E-state index in [2.05, 4.69) is 31.1 Å². The Bertz CT molecular complexity index is 272. The number of hydrogen-bond donors (Lipinski definition) is 1. The second-order valence-electron chi connectivity index (χ2n) is 6.66. The summed E-state index contributed by atoms with van der Waals surface area (Å²) in [5, 5.41) is 3.54. The van der Waals surface area contributed by atoms with Crippen LogP contribution >= 0.6 is 0 Å². The van der Waals surface area contributed by atoms with Crippen LogP contribution in [0, 0.1) is 0 Å². The standard InChI is InChI=1S/C16H32N2O2/c1-16(2,18-9-12-19-13-10-18)15(17-3)8-4-6-14-7-5-11-20-14/h14-15,17H,4-13H2,1-3H3. The molecule has 2 aliphatic rings. The third kappa shape index (κ3) is 4.17. The summed E-state index contributed by atoms with van der Waals surface area (Å²) in [6.45, 7) is 9.55. The van der Waals surface area contributed by atoms with E-state index in [1.54, 1.807) is 0 Å². The maximum Gasteiger partial charge on any atom is 0.0594 e. The van der Waals surface area contributed by atoms with Gasteiger partial charge in [-0.15, -0.1) is 0 Å². The van der Waals surface area contributed by atoms with Crippen molar-refractivity contribution in [1.29, 1.82) is 0 Å². The summed E-state index contributed by atoms with van der Waals surface area (Å²) in [4.78, 5) is 2.57. The molecule has 0 spiro atoms. The van der Waals surface area contributed by atoms with Crippen LogP contribution in [-0.4, -0.2) is 62.5 Å². The number of nitrogens with one attached hydrogen (secondary N) is 1. The summed E-state index contributed by atoms with van der Waals surface area (Å²) in [5.41, 5.74) is 0.190. The first-order valence-corrected chi connectivity index (χ1v) is 8.26. The Morgan fingerprint density at radius 1 is 1.25 bits per heavy atom. The quantitative estimate of drug-likeness (QED) is 0.776. The van der Waals surface area contributed by atoms with Crippen molar-refractivity contribution in [2.45, 2.75) is 63.6 Å². The zero-order valence-corrected chi connectivity index (χ0v) is 13.5. The van der Waals surface area contributed by atoms with E-state index in [1.807, 2.05) is 0 Å². The van der Waals surface area contributed by atoms with Gasteiger partial charge in [-0.2, -0.15) is 0 Å². The minimum absolute atomic E-state index is 0.190. The highest BCUT2D eigenvalue weighted by Gasteiger charge is 2.35. The van der Waals surface area contributed by atoms with Crippen LogP contribution in [0.4, 0.5) is 0 Å². The highest BCUT2D eigenvalue weighted by Crippen LogP contribution is 2.25. The van der Waals surface area contributed by atoms with Gasteiger partial charge in [0.15, 0.2) is 0 Å². The molecule has 0 aliphatic carbocycles. The Labute approximate surface area is 124 Å². The van der Waals surface area contributed by atoms with Crippen molar-refractivity contribution in [2.24, 2.45) is 0 Å². The summed E-state index contributed by atoms with van der Waals surface area (Å²) in [5.74, 6) is 0. The normalized spacial score (nSPS) is 26.9. The molecule has 4 nitrogen and oxygen atoms in total. The minimum atomic E-state index is 0.190. The van der Waals surface area contributed by atoms with Gasteiger partial charge < -0.3 is 14.8 Å². The van der Waals surface area contributed by atoms with Gasteiger partial charge in [-0.3, -0.25) is 4.90 Å². The monoisotopic (exact) mass is 284 g/mol. The molecule has 2 rings (SSSR count). The van der Waals surface area contributed by atoms with Gasteiger partial charge in [-0.25, -0.2) is 0 Å². The molecule has 0 saturated carbocycles. The molecule has 0 aromatic heterocycles. The van der Waals surface area contributed by atoms with Crippen LogP contribution in [-0.2, 0) is 9.47 Å². The van der Waals surface area contributed by atoms with Gasteiger partial charge in [0.2, 0.25) is 0 Å². The molecule has 2 heterocycles. The molecule has 0 aromatic rings. The number of ether oxygens (including phenoxy) is 2. The van der Waals surface area contributed by atoms with E-state index in [9.17, 15) is 0 Å². The molecule has 2 unspecified atom stereocenters. The maximum absolute atomic E-state index is 5.72. The highest BCUT2D eigenvalue weighted by molar-refractivity contribution is 4.93. The van der Waals surface area contributed by atoms with Crippen molar-refractivity contribution in [1.82, 2.24) is 10.2 Å². The van der Waals surface area contributed by atoms with E-state index in [0.29, 0.717) is 12.1 Å². The predicted molar refractivity (Wildman–Crippen MR) is 82.1 cm³/mol. The predicted octanol–water partition coefficient (Wildman–Crippen LogP) is 2.03. The van der Waals surface area contributed by atoms with E-state index >= 15 is 0 Å². The lowest BCUT2D eigenvalue weighted by molar-refractivity contribution is -0.0241. The van der Waals surface area contributed by atoms with E-state index < -0.39 is 0 Å².